The van der Waals surface area contributed by atoms with Crippen molar-refractivity contribution in [2.75, 3.05) is 23.9 Å². The van der Waals surface area contributed by atoms with Crippen LogP contribution < -0.4 is 4.90 Å². The van der Waals surface area contributed by atoms with Crippen LogP contribution in [0.15, 0.2) is 58.0 Å². The quantitative estimate of drug-likeness (QED) is 0.449. The van der Waals surface area contributed by atoms with Crippen molar-refractivity contribution in [3.05, 3.63) is 58.7 Å². The Bertz CT molecular complexity index is 1160. The number of ether oxygens (including phenoxy) is 1. The summed E-state index contributed by atoms with van der Waals surface area (Å²) in [6.45, 7) is 1.53. The maximum atomic E-state index is 11.1. The van der Waals surface area contributed by atoms with Crippen molar-refractivity contribution >= 4 is 61.0 Å². The number of H-pyrrole nitrogens is 1. The summed E-state index contributed by atoms with van der Waals surface area (Å²) in [5.41, 5.74) is 4.27. The first kappa shape index (κ1) is 21.6. The number of para-hydroxylation sites is 1. The molecule has 2 aliphatic rings. The molecule has 3 heterocycles. The Labute approximate surface area is 199 Å². The number of fused-ring (bicyclic) bond motifs is 1. The summed E-state index contributed by atoms with van der Waals surface area (Å²) in [6.07, 6.45) is 2.00. The SMILES string of the molecule is O=C(O)CC1CSC(c2cc3cc(Br)cc(N(c4ccccc4)C4CCOCC4)c3[nH]2)=N1. The van der Waals surface area contributed by atoms with E-state index in [1.807, 2.05) is 6.07 Å². The molecule has 166 valence electrons. The highest BCUT2D eigenvalue weighted by molar-refractivity contribution is 9.10. The number of aliphatic carboxylic acids is 1. The summed E-state index contributed by atoms with van der Waals surface area (Å²) < 4.78 is 6.65. The molecular weight excluding hydrogens is 490 g/mol. The molecule has 1 atom stereocenters. The Hall–Kier alpha value is -2.29. The zero-order valence-corrected chi connectivity index (χ0v) is 19.9. The van der Waals surface area contributed by atoms with Crippen LogP contribution in [0.5, 0.6) is 0 Å². The molecule has 1 saturated heterocycles. The lowest BCUT2D eigenvalue weighted by Crippen LogP contribution is -2.36. The van der Waals surface area contributed by atoms with E-state index in [9.17, 15) is 4.79 Å². The lowest BCUT2D eigenvalue weighted by Gasteiger charge is -2.36. The Morgan fingerprint density at radius 2 is 2.00 bits per heavy atom. The third-order valence-corrected chi connectivity index (χ3v) is 7.48. The number of carbonyl (C=O) groups is 1. The molecule has 3 aromatic rings. The minimum atomic E-state index is -0.807. The predicted molar refractivity (Wildman–Crippen MR) is 133 cm³/mol. The van der Waals surface area contributed by atoms with E-state index in [1.54, 1.807) is 11.8 Å². The first-order valence-electron chi connectivity index (χ1n) is 10.8. The fraction of sp³-hybridized carbons (Fsp3) is 0.333. The molecule has 8 heteroatoms. The van der Waals surface area contributed by atoms with Crippen LogP contribution in [-0.4, -0.2) is 52.2 Å². The van der Waals surface area contributed by atoms with Gasteiger partial charge in [0.05, 0.1) is 29.4 Å². The number of aliphatic imine (C=N–C) groups is 1. The van der Waals surface area contributed by atoms with E-state index in [0.717, 1.165) is 63.5 Å². The number of aromatic nitrogens is 1. The molecule has 2 aliphatic heterocycles. The highest BCUT2D eigenvalue weighted by atomic mass is 79.9. The molecule has 0 aliphatic carbocycles. The summed E-state index contributed by atoms with van der Waals surface area (Å²) in [4.78, 5) is 21.8. The van der Waals surface area contributed by atoms with E-state index in [1.165, 1.54) is 0 Å². The van der Waals surface area contributed by atoms with Gasteiger partial charge in [-0.3, -0.25) is 9.79 Å². The molecule has 1 unspecified atom stereocenters. The van der Waals surface area contributed by atoms with Gasteiger partial charge in [-0.2, -0.15) is 0 Å². The van der Waals surface area contributed by atoms with Crippen LogP contribution in [0.3, 0.4) is 0 Å². The minimum absolute atomic E-state index is 0.0685. The number of hydrogen-bond acceptors (Lipinski definition) is 5. The standard InChI is InChI=1S/C24H24BrN3O3S/c25-16-10-15-11-20(24-26-17(14-32-24)13-22(29)30)27-23(15)21(12-16)28(18-4-2-1-3-5-18)19-6-8-31-9-7-19/h1-5,10-12,17,19,27H,6-9,13-14H2,(H,29,30). The summed E-state index contributed by atoms with van der Waals surface area (Å²) in [5.74, 6) is -0.107. The summed E-state index contributed by atoms with van der Waals surface area (Å²) in [7, 11) is 0. The number of thioether (sulfide) groups is 1. The van der Waals surface area contributed by atoms with E-state index in [-0.39, 0.29) is 12.5 Å². The first-order valence-corrected chi connectivity index (χ1v) is 12.5. The molecule has 2 N–H and O–H groups in total. The fourth-order valence-corrected chi connectivity index (χ4v) is 5.94. The van der Waals surface area contributed by atoms with Gasteiger partial charge in [-0.1, -0.05) is 34.1 Å². The monoisotopic (exact) mass is 513 g/mol. The van der Waals surface area contributed by atoms with Crippen molar-refractivity contribution in [3.63, 3.8) is 0 Å². The number of carboxylic acids is 1. The van der Waals surface area contributed by atoms with E-state index < -0.39 is 5.97 Å². The second-order valence-electron chi connectivity index (χ2n) is 8.12. The number of anilines is 2. The van der Waals surface area contributed by atoms with Crippen molar-refractivity contribution in [2.24, 2.45) is 4.99 Å². The van der Waals surface area contributed by atoms with Crippen molar-refractivity contribution in [1.82, 2.24) is 4.98 Å². The van der Waals surface area contributed by atoms with Crippen LogP contribution in [0.1, 0.15) is 25.0 Å². The Kier molecular flexibility index (Phi) is 6.26. The minimum Gasteiger partial charge on any atom is -0.481 e. The molecule has 2 aromatic carbocycles. The van der Waals surface area contributed by atoms with Gasteiger partial charge >= 0.3 is 5.97 Å². The Balaban J connectivity index is 1.59. The van der Waals surface area contributed by atoms with E-state index in [0.29, 0.717) is 11.8 Å². The second-order valence-corrected chi connectivity index (χ2v) is 10.0. The van der Waals surface area contributed by atoms with Gasteiger partial charge in [-0.25, -0.2) is 0 Å². The van der Waals surface area contributed by atoms with Gasteiger partial charge in [-0.15, -0.1) is 11.8 Å². The van der Waals surface area contributed by atoms with Crippen molar-refractivity contribution in [2.45, 2.75) is 31.3 Å². The van der Waals surface area contributed by atoms with Gasteiger partial charge in [0.2, 0.25) is 0 Å². The average molecular weight is 514 g/mol. The third kappa shape index (κ3) is 4.44. The van der Waals surface area contributed by atoms with Crippen LogP contribution in [-0.2, 0) is 9.53 Å². The van der Waals surface area contributed by atoms with E-state index >= 15 is 0 Å². The first-order chi connectivity index (χ1) is 15.6. The number of nitrogens with zero attached hydrogens (tertiary/aromatic N) is 2. The number of benzene rings is 2. The van der Waals surface area contributed by atoms with Crippen molar-refractivity contribution in [1.29, 1.82) is 0 Å². The molecule has 6 nitrogen and oxygen atoms in total. The van der Waals surface area contributed by atoms with Gasteiger partial charge in [0.1, 0.15) is 5.04 Å². The summed E-state index contributed by atoms with van der Waals surface area (Å²) >= 11 is 5.33. The lowest BCUT2D eigenvalue weighted by atomic mass is 10.0. The zero-order valence-electron chi connectivity index (χ0n) is 17.5. The van der Waals surface area contributed by atoms with Crippen LogP contribution >= 0.6 is 27.7 Å². The van der Waals surface area contributed by atoms with Gasteiger partial charge in [0.15, 0.2) is 0 Å². The summed E-state index contributed by atoms with van der Waals surface area (Å²) in [6, 6.07) is 17.1. The third-order valence-electron chi connectivity index (χ3n) is 5.88. The molecule has 1 aromatic heterocycles. The van der Waals surface area contributed by atoms with Crippen LogP contribution in [0, 0.1) is 0 Å². The van der Waals surface area contributed by atoms with Gasteiger partial charge in [0.25, 0.3) is 0 Å². The van der Waals surface area contributed by atoms with E-state index in [2.05, 4.69) is 73.3 Å². The number of carboxylic acid groups (broad SMARTS) is 1. The van der Waals surface area contributed by atoms with Crippen LogP contribution in [0.2, 0.25) is 0 Å². The number of aromatic amines is 1. The molecule has 0 bridgehead atoms. The van der Waals surface area contributed by atoms with Gasteiger partial charge in [-0.05, 0) is 43.2 Å². The number of rotatable bonds is 6. The smallest absolute Gasteiger partial charge is 0.305 e. The molecule has 0 saturated carbocycles. The highest BCUT2D eigenvalue weighted by Crippen LogP contribution is 2.39. The zero-order chi connectivity index (χ0) is 22.1. The fourth-order valence-electron chi connectivity index (χ4n) is 4.44. The molecular formula is C24H24BrN3O3S. The van der Waals surface area contributed by atoms with E-state index in [4.69, 9.17) is 9.84 Å². The summed E-state index contributed by atoms with van der Waals surface area (Å²) in [5, 5.41) is 11.1. The number of halogens is 1. The Morgan fingerprint density at radius 1 is 1.22 bits per heavy atom. The predicted octanol–water partition coefficient (Wildman–Crippen LogP) is 5.58. The van der Waals surface area contributed by atoms with Crippen LogP contribution in [0.4, 0.5) is 11.4 Å². The molecule has 0 amide bonds. The molecule has 0 spiro atoms. The molecule has 1 fully saturated rings. The molecule has 0 radical (unpaired) electrons. The number of nitrogens with one attached hydrogen (secondary N) is 1. The van der Waals surface area contributed by atoms with Crippen molar-refractivity contribution in [3.8, 4) is 0 Å². The number of hydrogen-bond donors (Lipinski definition) is 2. The van der Waals surface area contributed by atoms with Gasteiger partial charge in [0, 0.05) is 40.6 Å². The topological polar surface area (TPSA) is 77.9 Å². The molecule has 5 rings (SSSR count). The highest BCUT2D eigenvalue weighted by Gasteiger charge is 2.27. The second kappa shape index (κ2) is 9.29. The van der Waals surface area contributed by atoms with Gasteiger partial charge < -0.3 is 19.7 Å². The largest absolute Gasteiger partial charge is 0.481 e. The van der Waals surface area contributed by atoms with Crippen molar-refractivity contribution < 1.29 is 14.6 Å². The normalized spacial score (nSPS) is 19.3. The maximum absolute atomic E-state index is 11.1. The van der Waals surface area contributed by atoms with Crippen LogP contribution in [0.25, 0.3) is 10.9 Å². The average Bonchev–Trinajstić information content (AvgIpc) is 3.42. The lowest BCUT2D eigenvalue weighted by molar-refractivity contribution is -0.137. The Morgan fingerprint density at radius 3 is 2.75 bits per heavy atom. The molecule has 32 heavy (non-hydrogen) atoms. The maximum Gasteiger partial charge on any atom is 0.305 e.